The minimum atomic E-state index is -4.40. The van der Waals surface area contributed by atoms with E-state index < -0.39 is 36.6 Å². The lowest BCUT2D eigenvalue weighted by Crippen LogP contribution is -2.09. The highest BCUT2D eigenvalue weighted by molar-refractivity contribution is 7.86. The van der Waals surface area contributed by atoms with Crippen LogP contribution in [0, 0.1) is 0 Å². The number of nitrogens with zero attached hydrogens (tertiary/aromatic N) is 2. The van der Waals surface area contributed by atoms with Crippen molar-refractivity contribution < 1.29 is 43.3 Å². The molecule has 0 aliphatic heterocycles. The normalized spacial score (nSPS) is 11.7. The smallest absolute Gasteiger partial charge is 0.425 e. The third kappa shape index (κ3) is 9.38. The van der Waals surface area contributed by atoms with Crippen LogP contribution >= 0.6 is 0 Å². The maximum atomic E-state index is 11.6. The standard InChI is InChI=1S/C19H19N3O7S2.O3S/c20-17-8-7-15(12-18(17)29-9-2-10-30(23,24)25)22-21-14-6-5-13-3-1-4-19(16(13)11-14)31(26,27)28;1-4(2)3/h1,3-8,11-12H,2,9-10,20H2,(H,23,24,25)(H,26,27,28);. The van der Waals surface area contributed by atoms with Gasteiger partial charge in [-0.3, -0.25) is 9.11 Å². The number of azo groups is 1. The first kappa shape index (κ1) is 27.8. The van der Waals surface area contributed by atoms with Gasteiger partial charge < -0.3 is 10.5 Å². The van der Waals surface area contributed by atoms with Gasteiger partial charge in [-0.25, -0.2) is 0 Å². The summed E-state index contributed by atoms with van der Waals surface area (Å²) in [5, 5.41) is 9.10. The zero-order valence-electron chi connectivity index (χ0n) is 17.7. The van der Waals surface area contributed by atoms with E-state index in [-0.39, 0.29) is 23.7 Å². The van der Waals surface area contributed by atoms with Crippen LogP contribution in [0.5, 0.6) is 5.75 Å². The number of ether oxygens (including phenoxy) is 1. The molecule has 188 valence electrons. The first-order chi connectivity index (χ1) is 16.3. The Morgan fingerprint density at radius 2 is 1.49 bits per heavy atom. The van der Waals surface area contributed by atoms with E-state index in [4.69, 9.17) is 27.6 Å². The van der Waals surface area contributed by atoms with Crippen LogP contribution in [0.25, 0.3) is 10.8 Å². The first-order valence-electron chi connectivity index (χ1n) is 9.42. The summed E-state index contributed by atoms with van der Waals surface area (Å²) in [6.45, 7) is 0.0215. The molecule has 0 saturated carbocycles. The molecular weight excluding hydrogens is 526 g/mol. The Balaban J connectivity index is 0.00000100. The summed E-state index contributed by atoms with van der Waals surface area (Å²) in [5.74, 6) is -0.154. The topological polar surface area (TPSA) is 220 Å². The van der Waals surface area contributed by atoms with Gasteiger partial charge in [-0.05, 0) is 42.1 Å². The van der Waals surface area contributed by atoms with Crippen molar-refractivity contribution in [2.24, 2.45) is 10.2 Å². The summed E-state index contributed by atoms with van der Waals surface area (Å²) in [7, 11) is -11.6. The molecule has 16 heteroatoms. The van der Waals surface area contributed by atoms with E-state index in [0.717, 1.165) is 0 Å². The highest BCUT2D eigenvalue weighted by atomic mass is 32.2. The Morgan fingerprint density at radius 1 is 0.886 bits per heavy atom. The molecule has 35 heavy (non-hydrogen) atoms. The van der Waals surface area contributed by atoms with Crippen molar-refractivity contribution in [1.82, 2.24) is 0 Å². The van der Waals surface area contributed by atoms with Gasteiger partial charge >= 0.3 is 10.6 Å². The fraction of sp³-hybridized carbons (Fsp3) is 0.158. The van der Waals surface area contributed by atoms with Gasteiger partial charge in [0.25, 0.3) is 20.2 Å². The van der Waals surface area contributed by atoms with Gasteiger partial charge in [0.15, 0.2) is 0 Å². The monoisotopic (exact) mass is 545 g/mol. The highest BCUT2D eigenvalue weighted by Gasteiger charge is 2.14. The third-order valence-corrected chi connectivity index (χ3v) is 5.90. The lowest BCUT2D eigenvalue weighted by atomic mass is 10.1. The van der Waals surface area contributed by atoms with Crippen LogP contribution in [-0.2, 0) is 30.8 Å². The number of fused-ring (bicyclic) bond motifs is 1. The summed E-state index contributed by atoms with van der Waals surface area (Å²) in [5.41, 5.74) is 6.90. The molecule has 3 aromatic rings. The van der Waals surface area contributed by atoms with Crippen molar-refractivity contribution in [2.45, 2.75) is 11.3 Å². The molecule has 0 amide bonds. The molecule has 0 aromatic heterocycles. The van der Waals surface area contributed by atoms with Gasteiger partial charge in [0.05, 0.1) is 29.4 Å². The fourth-order valence-electron chi connectivity index (χ4n) is 2.77. The summed E-state index contributed by atoms with van der Waals surface area (Å²) in [6.07, 6.45) is 0.0806. The molecule has 0 atom stereocenters. The Morgan fingerprint density at radius 3 is 2.09 bits per heavy atom. The molecule has 13 nitrogen and oxygen atoms in total. The van der Waals surface area contributed by atoms with E-state index in [1.54, 1.807) is 30.3 Å². The molecule has 0 aliphatic rings. The van der Waals surface area contributed by atoms with E-state index in [1.165, 1.54) is 24.3 Å². The highest BCUT2D eigenvalue weighted by Crippen LogP contribution is 2.30. The van der Waals surface area contributed by atoms with Crippen molar-refractivity contribution in [2.75, 3.05) is 18.1 Å². The lowest BCUT2D eigenvalue weighted by molar-refractivity contribution is 0.318. The van der Waals surface area contributed by atoms with Crippen LogP contribution in [0.4, 0.5) is 17.1 Å². The number of hydrogen-bond donors (Lipinski definition) is 3. The van der Waals surface area contributed by atoms with Crippen molar-refractivity contribution in [1.29, 1.82) is 0 Å². The van der Waals surface area contributed by atoms with E-state index in [0.29, 0.717) is 27.8 Å². The molecule has 0 aliphatic carbocycles. The van der Waals surface area contributed by atoms with Gasteiger partial charge in [-0.15, -0.1) is 12.6 Å². The average Bonchev–Trinajstić information content (AvgIpc) is 2.74. The predicted molar refractivity (Wildman–Crippen MR) is 125 cm³/mol. The predicted octanol–water partition coefficient (Wildman–Crippen LogP) is 2.74. The van der Waals surface area contributed by atoms with Gasteiger partial charge in [-0.2, -0.15) is 27.1 Å². The molecule has 3 rings (SSSR count). The third-order valence-electron chi connectivity index (χ3n) is 4.19. The Labute approximate surface area is 201 Å². The van der Waals surface area contributed by atoms with Crippen molar-refractivity contribution in [3.63, 3.8) is 0 Å². The van der Waals surface area contributed by atoms with Crippen molar-refractivity contribution in [3.8, 4) is 5.75 Å². The van der Waals surface area contributed by atoms with Crippen LogP contribution < -0.4 is 10.5 Å². The number of nitrogen functional groups attached to an aromatic ring is 1. The molecule has 0 fully saturated rings. The SMILES string of the molecule is Nc1ccc(N=Nc2ccc3cccc(S(=O)(=O)O)c3c2)cc1OCCCS(=O)(=O)O.O=S(=O)=O. The summed E-state index contributed by atoms with van der Waals surface area (Å²) in [4.78, 5) is -0.227. The number of anilines is 1. The number of nitrogens with two attached hydrogens (primary N) is 1. The first-order valence-corrected chi connectivity index (χ1v) is 13.5. The zero-order chi connectivity index (χ0) is 26.2. The summed E-state index contributed by atoms with van der Waals surface area (Å²) >= 11 is 0. The lowest BCUT2D eigenvalue weighted by Gasteiger charge is -2.09. The maximum absolute atomic E-state index is 11.6. The minimum absolute atomic E-state index is 0.0215. The van der Waals surface area contributed by atoms with Gasteiger partial charge in [0, 0.05) is 11.5 Å². The van der Waals surface area contributed by atoms with Crippen molar-refractivity contribution >= 4 is 58.7 Å². The van der Waals surface area contributed by atoms with E-state index in [2.05, 4.69) is 10.2 Å². The molecule has 3 aromatic carbocycles. The average molecular weight is 546 g/mol. The minimum Gasteiger partial charge on any atom is -0.491 e. The van der Waals surface area contributed by atoms with Crippen LogP contribution in [0.1, 0.15) is 6.42 Å². The zero-order valence-corrected chi connectivity index (χ0v) is 20.1. The molecule has 4 N–H and O–H groups in total. The second kappa shape index (κ2) is 11.8. The Hall–Kier alpha value is -3.44. The summed E-state index contributed by atoms with van der Waals surface area (Å²) < 4.78 is 93.6. The van der Waals surface area contributed by atoms with Crippen molar-refractivity contribution in [3.05, 3.63) is 54.6 Å². The molecular formula is C19H19N3O10S3. The van der Waals surface area contributed by atoms with Gasteiger partial charge in [0.1, 0.15) is 10.6 Å². The largest absolute Gasteiger partial charge is 0.491 e. The number of rotatable bonds is 8. The van der Waals surface area contributed by atoms with Gasteiger partial charge in [-0.1, -0.05) is 18.2 Å². The quantitative estimate of drug-likeness (QED) is 0.162. The molecule has 0 spiro atoms. The second-order valence-corrected chi connectivity index (χ2v) is 10.1. The molecule has 0 radical (unpaired) electrons. The van der Waals surface area contributed by atoms with Gasteiger partial charge in [0.2, 0.25) is 0 Å². The number of hydrogen-bond acceptors (Lipinski definition) is 11. The van der Waals surface area contributed by atoms with Crippen LogP contribution in [0.15, 0.2) is 69.7 Å². The second-order valence-electron chi connectivity index (χ2n) is 6.75. The fourth-order valence-corrected chi connectivity index (χ4v) is 3.96. The van der Waals surface area contributed by atoms with E-state index >= 15 is 0 Å². The van der Waals surface area contributed by atoms with Crippen LogP contribution in [-0.4, -0.2) is 50.9 Å². The van der Waals surface area contributed by atoms with E-state index in [1.807, 2.05) is 0 Å². The van der Waals surface area contributed by atoms with E-state index in [9.17, 15) is 21.4 Å². The Kier molecular flexibility index (Phi) is 9.38. The maximum Gasteiger partial charge on any atom is 0.425 e. The summed E-state index contributed by atoms with van der Waals surface area (Å²) in [6, 6.07) is 14.0. The molecule has 0 heterocycles. The molecule has 0 unspecified atom stereocenters. The van der Waals surface area contributed by atoms with Crippen LogP contribution in [0.2, 0.25) is 0 Å². The molecule has 0 saturated heterocycles. The Bertz CT molecular complexity index is 1560. The number of benzene rings is 3. The van der Waals surface area contributed by atoms with Crippen LogP contribution in [0.3, 0.4) is 0 Å². The molecule has 0 bridgehead atoms.